The second-order valence-electron chi connectivity index (χ2n) is 10.8. The van der Waals surface area contributed by atoms with Gasteiger partial charge in [-0.15, -0.1) is 0 Å². The van der Waals surface area contributed by atoms with Crippen LogP contribution in [-0.2, 0) is 15.0 Å². The predicted molar refractivity (Wildman–Crippen MR) is 170 cm³/mol. The van der Waals surface area contributed by atoms with Crippen LogP contribution in [0.15, 0.2) is 121 Å². The van der Waals surface area contributed by atoms with E-state index in [1.54, 1.807) is 0 Å². The zero-order valence-electron chi connectivity index (χ0n) is 24.5. The average Bonchev–Trinajstić information content (AvgIpc) is 3.34. The van der Waals surface area contributed by atoms with Crippen molar-refractivity contribution in [1.82, 2.24) is 0 Å². The molecule has 0 aliphatic heterocycles. The first-order valence-electron chi connectivity index (χ1n) is 14.6. The van der Waals surface area contributed by atoms with Crippen LogP contribution >= 0.6 is 0 Å². The third-order valence-corrected chi connectivity index (χ3v) is 7.75. The van der Waals surface area contributed by atoms with E-state index in [0.29, 0.717) is 11.5 Å². The first-order chi connectivity index (χ1) is 21.8. The zero-order chi connectivity index (χ0) is 31.8. The second-order valence-corrected chi connectivity index (χ2v) is 10.8. The molecule has 0 saturated carbocycles. The molecule has 230 valence electrons. The third-order valence-electron chi connectivity index (χ3n) is 7.75. The molecule has 8 nitrogen and oxygen atoms in total. The summed E-state index contributed by atoms with van der Waals surface area (Å²) in [5.41, 5.74) is 5.95. The van der Waals surface area contributed by atoms with E-state index < -0.39 is 29.6 Å². The highest BCUT2D eigenvalue weighted by Gasteiger charge is 2.45. The fourth-order valence-corrected chi connectivity index (χ4v) is 5.80. The molecule has 8 heteroatoms. The average molecular weight is 607 g/mol. The Bertz CT molecular complexity index is 1560. The number of hydrogen-bond donors (Lipinski definition) is 4. The van der Waals surface area contributed by atoms with E-state index in [-0.39, 0.29) is 26.1 Å². The van der Waals surface area contributed by atoms with Gasteiger partial charge in [0.2, 0.25) is 0 Å². The van der Waals surface area contributed by atoms with Crippen molar-refractivity contribution >= 4 is 11.9 Å². The zero-order valence-corrected chi connectivity index (χ0v) is 24.5. The van der Waals surface area contributed by atoms with Crippen LogP contribution in [0, 0.1) is 0 Å². The molecule has 0 spiro atoms. The van der Waals surface area contributed by atoms with E-state index >= 15 is 0 Å². The Balaban J connectivity index is 1.44. The Morgan fingerprint density at radius 1 is 0.600 bits per heavy atom. The normalized spacial score (nSPS) is 14.5. The molecule has 2 atom stereocenters. The monoisotopic (exact) mass is 606 g/mol. The molecular formula is C37H34O8. The van der Waals surface area contributed by atoms with Crippen molar-refractivity contribution in [3.8, 4) is 22.6 Å². The van der Waals surface area contributed by atoms with Crippen LogP contribution in [0.4, 0.5) is 0 Å². The summed E-state index contributed by atoms with van der Waals surface area (Å²) in [7, 11) is 0. The van der Waals surface area contributed by atoms with E-state index in [1.165, 1.54) is 12.2 Å². The molecule has 4 aromatic rings. The van der Waals surface area contributed by atoms with E-state index in [4.69, 9.17) is 19.7 Å². The summed E-state index contributed by atoms with van der Waals surface area (Å²) >= 11 is 0. The van der Waals surface area contributed by atoms with Gasteiger partial charge in [0.15, 0.2) is 0 Å². The Morgan fingerprint density at radius 3 is 1.36 bits per heavy atom. The lowest BCUT2D eigenvalue weighted by Gasteiger charge is -2.34. The number of carbonyl (C=O) groups is 2. The van der Waals surface area contributed by atoms with E-state index in [0.717, 1.165) is 45.5 Å². The highest BCUT2D eigenvalue weighted by molar-refractivity contribution is 5.86. The van der Waals surface area contributed by atoms with Gasteiger partial charge in [0.1, 0.15) is 24.7 Å². The van der Waals surface area contributed by atoms with Gasteiger partial charge in [0, 0.05) is 12.2 Å². The number of carboxylic acid groups (broad SMARTS) is 2. The molecule has 0 aromatic heterocycles. The maximum absolute atomic E-state index is 10.7. The maximum atomic E-state index is 10.7. The molecule has 1 aliphatic carbocycles. The van der Waals surface area contributed by atoms with Crippen LogP contribution < -0.4 is 9.47 Å². The summed E-state index contributed by atoms with van der Waals surface area (Å²) in [6.07, 6.45) is 3.45. The summed E-state index contributed by atoms with van der Waals surface area (Å²) in [4.78, 5) is 21.3. The van der Waals surface area contributed by atoms with Crippen LogP contribution in [0.2, 0.25) is 0 Å². The molecule has 0 bridgehead atoms. The van der Waals surface area contributed by atoms with Gasteiger partial charge in [-0.3, -0.25) is 0 Å². The number of hydrogen-bond acceptors (Lipinski definition) is 6. The molecule has 0 heterocycles. The number of ether oxygens (including phenoxy) is 2. The maximum Gasteiger partial charge on any atom is 0.327 e. The van der Waals surface area contributed by atoms with Crippen molar-refractivity contribution in [2.24, 2.45) is 0 Å². The van der Waals surface area contributed by atoms with Crippen molar-refractivity contribution < 1.29 is 39.5 Å². The fraction of sp³-hybridized carbons (Fsp3) is 0.189. The van der Waals surface area contributed by atoms with Gasteiger partial charge >= 0.3 is 11.9 Å². The minimum absolute atomic E-state index is 0.0200. The minimum Gasteiger partial charge on any atom is -0.491 e. The number of rotatable bonds is 14. The van der Waals surface area contributed by atoms with Crippen LogP contribution in [0.3, 0.4) is 0 Å². The number of benzene rings is 4. The quantitative estimate of drug-likeness (QED) is 0.120. The molecule has 0 unspecified atom stereocenters. The summed E-state index contributed by atoms with van der Waals surface area (Å²) in [6, 6.07) is 32.3. The summed E-state index contributed by atoms with van der Waals surface area (Å²) in [5.74, 6) is -0.969. The Morgan fingerprint density at radius 2 is 0.978 bits per heavy atom. The highest BCUT2D eigenvalue weighted by atomic mass is 16.5. The van der Waals surface area contributed by atoms with Gasteiger partial charge < -0.3 is 29.9 Å². The van der Waals surface area contributed by atoms with Crippen molar-refractivity contribution in [1.29, 1.82) is 0 Å². The smallest absolute Gasteiger partial charge is 0.327 e. The summed E-state index contributed by atoms with van der Waals surface area (Å²) in [5, 5.41) is 37.9. The van der Waals surface area contributed by atoms with Gasteiger partial charge in [-0.25, -0.2) is 9.59 Å². The van der Waals surface area contributed by atoms with Gasteiger partial charge in [-0.05, 0) is 70.5 Å². The molecule has 0 amide bonds. The Hall–Kier alpha value is -5.18. The first kappa shape index (κ1) is 31.3. The topological polar surface area (TPSA) is 134 Å². The van der Waals surface area contributed by atoms with Crippen molar-refractivity contribution in [3.05, 3.63) is 144 Å². The number of carboxylic acids is 2. The van der Waals surface area contributed by atoms with Crippen LogP contribution in [-0.4, -0.2) is 57.8 Å². The number of aliphatic carboxylic acids is 2. The molecule has 4 aromatic carbocycles. The molecule has 1 aliphatic rings. The first-order valence-corrected chi connectivity index (χ1v) is 14.6. The van der Waals surface area contributed by atoms with Crippen molar-refractivity contribution in [3.63, 3.8) is 0 Å². The predicted octanol–water partition coefficient (Wildman–Crippen LogP) is 5.59. The van der Waals surface area contributed by atoms with Crippen LogP contribution in [0.5, 0.6) is 11.5 Å². The van der Waals surface area contributed by atoms with Gasteiger partial charge in [-0.1, -0.05) is 84.9 Å². The lowest BCUT2D eigenvalue weighted by atomic mass is 9.68. The van der Waals surface area contributed by atoms with Gasteiger partial charge in [-0.2, -0.15) is 0 Å². The number of fused-ring (bicyclic) bond motifs is 3. The summed E-state index contributed by atoms with van der Waals surface area (Å²) < 4.78 is 11.6. The Kier molecular flexibility index (Phi) is 9.77. The fourth-order valence-electron chi connectivity index (χ4n) is 5.80. The lowest BCUT2D eigenvalue weighted by Crippen LogP contribution is -2.28. The van der Waals surface area contributed by atoms with Crippen molar-refractivity contribution in [2.75, 3.05) is 13.2 Å². The van der Waals surface area contributed by atoms with Crippen LogP contribution in [0.1, 0.15) is 35.1 Å². The van der Waals surface area contributed by atoms with Gasteiger partial charge in [0.05, 0.1) is 17.6 Å². The molecule has 0 fully saturated rings. The molecule has 45 heavy (non-hydrogen) atoms. The third kappa shape index (κ3) is 6.98. The molecule has 0 saturated heterocycles. The Labute approximate surface area is 261 Å². The largest absolute Gasteiger partial charge is 0.491 e. The molecule has 5 rings (SSSR count). The second kappa shape index (κ2) is 14.1. The summed E-state index contributed by atoms with van der Waals surface area (Å²) in [6.45, 7) is 0.0399. The molecule has 0 radical (unpaired) electrons. The van der Waals surface area contributed by atoms with E-state index in [1.807, 2.05) is 72.8 Å². The van der Waals surface area contributed by atoms with E-state index in [9.17, 15) is 19.8 Å². The van der Waals surface area contributed by atoms with Crippen LogP contribution in [0.25, 0.3) is 11.1 Å². The number of aliphatic hydroxyl groups is 2. The number of aliphatic hydroxyl groups excluding tert-OH is 2. The lowest BCUT2D eigenvalue weighted by molar-refractivity contribution is -0.132. The van der Waals surface area contributed by atoms with Gasteiger partial charge in [0.25, 0.3) is 0 Å². The van der Waals surface area contributed by atoms with Crippen molar-refractivity contribution in [2.45, 2.75) is 30.5 Å². The van der Waals surface area contributed by atoms with E-state index in [2.05, 4.69) is 24.3 Å². The molecular weight excluding hydrogens is 572 g/mol. The minimum atomic E-state index is -1.06. The SMILES string of the molecule is O=C(O)/C=C\C[C@@H](O)COc1ccc(C2(c3ccc(OC[C@H](O)C/C=C\C(=O)O)cc3)c3ccccc3-c3ccccc32)cc1. The highest BCUT2D eigenvalue weighted by Crippen LogP contribution is 2.56. The standard InChI is InChI=1S/C37H34O8/c38-27(7-5-13-35(40)41)23-44-29-19-15-25(16-20-29)37(33-11-3-1-9-31(33)32-10-2-4-12-34(32)37)26-17-21-30(22-18-26)45-24-28(39)8-6-14-36(42)43/h1-6,9-22,27-28,38-39H,7-8,23-24H2,(H,40,41)(H,42,43)/b13-5-,14-6-/t27-,28-/m1/s1. The molecule has 4 N–H and O–H groups in total.